The highest BCUT2D eigenvalue weighted by Crippen LogP contribution is 2.27. The summed E-state index contributed by atoms with van der Waals surface area (Å²) in [7, 11) is 0. The van der Waals surface area contributed by atoms with Crippen LogP contribution in [0.4, 0.5) is 0 Å². The molecular weight excluding hydrogens is 339 g/mol. The summed E-state index contributed by atoms with van der Waals surface area (Å²) in [6.45, 7) is 0. The van der Waals surface area contributed by atoms with Crippen LogP contribution in [-0.2, 0) is 0 Å². The molecule has 3 rings (SSSR count). The van der Waals surface area contributed by atoms with Crippen molar-refractivity contribution in [3.05, 3.63) is 64.4 Å². The number of Topliss-reactive ketones (excluding diaryl/α,β-unsaturated/α-hetero) is 1. The van der Waals surface area contributed by atoms with Crippen molar-refractivity contribution < 1.29 is 4.79 Å². The predicted octanol–water partition coefficient (Wildman–Crippen LogP) is 4.91. The van der Waals surface area contributed by atoms with Gasteiger partial charge in [-0.3, -0.25) is 4.79 Å². The molecule has 110 valence electrons. The molecule has 1 heterocycles. The van der Waals surface area contributed by atoms with Crippen LogP contribution in [0.1, 0.15) is 10.4 Å². The summed E-state index contributed by atoms with van der Waals surface area (Å²) in [6, 6.07) is 12.6. The maximum absolute atomic E-state index is 12.3. The lowest BCUT2D eigenvalue weighted by atomic mass is 10.1. The zero-order chi connectivity index (χ0) is 15.5. The number of carbonyl (C=O) groups excluding carboxylic acids is 1. The molecule has 6 heteroatoms. The number of aromatic nitrogens is 2. The van der Waals surface area contributed by atoms with Crippen molar-refractivity contribution in [2.24, 2.45) is 0 Å². The van der Waals surface area contributed by atoms with Crippen LogP contribution in [-0.4, -0.2) is 21.5 Å². The Labute approximate surface area is 141 Å². The lowest BCUT2D eigenvalue weighted by Gasteiger charge is -2.06. The third-order valence-electron chi connectivity index (χ3n) is 3.08. The standard InChI is InChI=1S/C16H10Cl2N2OS/c17-10-5-6-11(13(18)7-10)15(21)8-22-16-12-3-1-2-4-14(12)19-9-20-16/h1-7,9H,8H2. The maximum atomic E-state index is 12.3. The Morgan fingerprint density at radius 2 is 1.91 bits per heavy atom. The molecule has 0 unspecified atom stereocenters. The van der Waals surface area contributed by atoms with Crippen molar-refractivity contribution in [1.29, 1.82) is 0 Å². The van der Waals surface area contributed by atoms with Crippen LogP contribution >= 0.6 is 35.0 Å². The molecule has 2 aromatic carbocycles. The van der Waals surface area contributed by atoms with Gasteiger partial charge in [0.05, 0.1) is 16.3 Å². The highest BCUT2D eigenvalue weighted by atomic mass is 35.5. The van der Waals surface area contributed by atoms with Gasteiger partial charge in [-0.2, -0.15) is 0 Å². The summed E-state index contributed by atoms with van der Waals surface area (Å²) >= 11 is 13.3. The van der Waals surface area contributed by atoms with Gasteiger partial charge in [-0.15, -0.1) is 0 Å². The summed E-state index contributed by atoms with van der Waals surface area (Å²) in [5, 5.41) is 2.59. The number of thioether (sulfide) groups is 1. The molecule has 0 aliphatic heterocycles. The van der Waals surface area contributed by atoms with E-state index in [1.165, 1.54) is 18.1 Å². The number of rotatable bonds is 4. The molecule has 22 heavy (non-hydrogen) atoms. The predicted molar refractivity (Wildman–Crippen MR) is 91.1 cm³/mol. The van der Waals surface area contributed by atoms with E-state index in [4.69, 9.17) is 23.2 Å². The van der Waals surface area contributed by atoms with Gasteiger partial charge < -0.3 is 0 Å². The minimum atomic E-state index is -0.0608. The van der Waals surface area contributed by atoms with Crippen LogP contribution in [0, 0.1) is 0 Å². The van der Waals surface area contributed by atoms with Crippen molar-refractivity contribution in [3.8, 4) is 0 Å². The number of hydrogen-bond acceptors (Lipinski definition) is 4. The van der Waals surface area contributed by atoms with Crippen LogP contribution < -0.4 is 0 Å². The Morgan fingerprint density at radius 1 is 1.09 bits per heavy atom. The quantitative estimate of drug-likeness (QED) is 0.381. The molecular formula is C16H10Cl2N2OS. The summed E-state index contributed by atoms with van der Waals surface area (Å²) in [5.74, 6) is 0.192. The number of para-hydroxylation sites is 1. The summed E-state index contributed by atoms with van der Waals surface area (Å²) < 4.78 is 0. The normalized spacial score (nSPS) is 10.8. The van der Waals surface area contributed by atoms with Crippen LogP contribution in [0.15, 0.2) is 53.8 Å². The van der Waals surface area contributed by atoms with Crippen molar-refractivity contribution in [1.82, 2.24) is 9.97 Å². The van der Waals surface area contributed by atoms with Gasteiger partial charge >= 0.3 is 0 Å². The van der Waals surface area contributed by atoms with Crippen LogP contribution in [0.5, 0.6) is 0 Å². The van der Waals surface area contributed by atoms with Gasteiger partial charge in [-0.05, 0) is 24.3 Å². The molecule has 0 atom stereocenters. The zero-order valence-electron chi connectivity index (χ0n) is 11.3. The fourth-order valence-corrected chi connectivity index (χ4v) is 3.41. The topological polar surface area (TPSA) is 42.9 Å². The summed E-state index contributed by atoms with van der Waals surface area (Å²) in [5.41, 5.74) is 1.33. The largest absolute Gasteiger partial charge is 0.293 e. The van der Waals surface area contributed by atoms with Gasteiger partial charge in [0.2, 0.25) is 0 Å². The van der Waals surface area contributed by atoms with Gasteiger partial charge in [0, 0.05) is 16.0 Å². The SMILES string of the molecule is O=C(CSc1ncnc2ccccc12)c1ccc(Cl)cc1Cl. The number of benzene rings is 2. The van der Waals surface area contributed by atoms with E-state index >= 15 is 0 Å². The van der Waals surface area contributed by atoms with Gasteiger partial charge in [0.15, 0.2) is 5.78 Å². The van der Waals surface area contributed by atoms with E-state index in [-0.39, 0.29) is 11.5 Å². The number of halogens is 2. The van der Waals surface area contributed by atoms with Crippen molar-refractivity contribution >= 4 is 51.6 Å². The molecule has 0 saturated carbocycles. The molecule has 0 amide bonds. The molecule has 0 N–H and O–H groups in total. The van der Waals surface area contributed by atoms with E-state index in [0.29, 0.717) is 15.6 Å². The molecule has 1 aromatic heterocycles. The van der Waals surface area contributed by atoms with E-state index < -0.39 is 0 Å². The van der Waals surface area contributed by atoms with Crippen LogP contribution in [0.25, 0.3) is 10.9 Å². The molecule has 3 aromatic rings. The number of hydrogen-bond donors (Lipinski definition) is 0. The molecule has 0 radical (unpaired) electrons. The average Bonchev–Trinajstić information content (AvgIpc) is 2.52. The monoisotopic (exact) mass is 348 g/mol. The van der Waals surface area contributed by atoms with E-state index in [1.54, 1.807) is 18.2 Å². The molecule has 0 fully saturated rings. The molecule has 3 nitrogen and oxygen atoms in total. The highest BCUT2D eigenvalue weighted by molar-refractivity contribution is 8.00. The second kappa shape index (κ2) is 6.65. The minimum Gasteiger partial charge on any atom is -0.293 e. The number of ketones is 1. The fraction of sp³-hybridized carbons (Fsp3) is 0.0625. The highest BCUT2D eigenvalue weighted by Gasteiger charge is 2.13. The van der Waals surface area contributed by atoms with Gasteiger partial charge in [-0.25, -0.2) is 9.97 Å². The fourth-order valence-electron chi connectivity index (χ4n) is 2.02. The Morgan fingerprint density at radius 3 is 2.73 bits per heavy atom. The first-order valence-corrected chi connectivity index (χ1v) is 8.20. The van der Waals surface area contributed by atoms with Gasteiger partial charge in [0.1, 0.15) is 11.4 Å². The number of carbonyl (C=O) groups is 1. The van der Waals surface area contributed by atoms with Gasteiger partial charge in [-0.1, -0.05) is 53.2 Å². The Kier molecular flexibility index (Phi) is 4.62. The average molecular weight is 349 g/mol. The zero-order valence-corrected chi connectivity index (χ0v) is 13.6. The lowest BCUT2D eigenvalue weighted by Crippen LogP contribution is -2.03. The van der Waals surface area contributed by atoms with E-state index in [9.17, 15) is 4.79 Å². The molecule has 0 saturated heterocycles. The Balaban J connectivity index is 1.80. The first-order chi connectivity index (χ1) is 10.6. The molecule has 0 bridgehead atoms. The van der Waals surface area contributed by atoms with Crippen LogP contribution in [0.2, 0.25) is 10.0 Å². The summed E-state index contributed by atoms with van der Waals surface area (Å²) in [6.07, 6.45) is 1.50. The summed E-state index contributed by atoms with van der Waals surface area (Å²) in [4.78, 5) is 20.8. The number of nitrogens with zero attached hydrogens (tertiary/aromatic N) is 2. The number of fused-ring (bicyclic) bond motifs is 1. The molecule has 0 spiro atoms. The van der Waals surface area contributed by atoms with Gasteiger partial charge in [0.25, 0.3) is 0 Å². The molecule has 0 aliphatic carbocycles. The smallest absolute Gasteiger partial charge is 0.174 e. The molecule has 0 aliphatic rings. The third-order valence-corrected chi connectivity index (χ3v) is 4.63. The Bertz CT molecular complexity index is 849. The van der Waals surface area contributed by atoms with Crippen molar-refractivity contribution in [3.63, 3.8) is 0 Å². The third kappa shape index (κ3) is 3.24. The minimum absolute atomic E-state index is 0.0608. The Hall–Kier alpha value is -1.62. The maximum Gasteiger partial charge on any atom is 0.174 e. The lowest BCUT2D eigenvalue weighted by molar-refractivity contribution is 0.102. The van der Waals surface area contributed by atoms with E-state index in [1.807, 2.05) is 24.3 Å². The van der Waals surface area contributed by atoms with E-state index in [0.717, 1.165) is 15.9 Å². The second-order valence-corrected chi connectivity index (χ2v) is 6.34. The van der Waals surface area contributed by atoms with Crippen LogP contribution in [0.3, 0.4) is 0 Å². The van der Waals surface area contributed by atoms with Crippen molar-refractivity contribution in [2.45, 2.75) is 5.03 Å². The second-order valence-electron chi connectivity index (χ2n) is 4.53. The first kappa shape index (κ1) is 15.3. The van der Waals surface area contributed by atoms with E-state index in [2.05, 4.69) is 9.97 Å². The van der Waals surface area contributed by atoms with Crippen molar-refractivity contribution in [2.75, 3.05) is 5.75 Å². The first-order valence-electron chi connectivity index (χ1n) is 6.46.